The van der Waals surface area contributed by atoms with Crippen LogP contribution in [0.4, 0.5) is 0 Å². The number of halogens is 1. The third-order valence-electron chi connectivity index (χ3n) is 2.91. The largest absolute Gasteiger partial charge is 0.336 e. The molecule has 0 saturated carbocycles. The highest BCUT2D eigenvalue weighted by atomic mass is 79.9. The van der Waals surface area contributed by atoms with Crippen LogP contribution in [0.2, 0.25) is 0 Å². The van der Waals surface area contributed by atoms with Crippen LogP contribution in [-0.2, 0) is 11.3 Å². The van der Waals surface area contributed by atoms with Gasteiger partial charge in [-0.1, -0.05) is 6.92 Å². The van der Waals surface area contributed by atoms with Gasteiger partial charge < -0.3 is 10.2 Å². The molecule has 1 atom stereocenters. The van der Waals surface area contributed by atoms with Gasteiger partial charge >= 0.3 is 0 Å². The van der Waals surface area contributed by atoms with Gasteiger partial charge in [0.2, 0.25) is 5.91 Å². The molecule has 1 N–H and O–H groups in total. The smallest absolute Gasteiger partial charge is 0.240 e. The molecule has 3 nitrogen and oxygen atoms in total. The number of nitrogens with one attached hydrogen (secondary N) is 1. The number of amides is 1. The van der Waals surface area contributed by atoms with Crippen molar-refractivity contribution in [3.05, 3.63) is 20.8 Å². The van der Waals surface area contributed by atoms with E-state index in [-0.39, 0.29) is 11.9 Å². The zero-order valence-corrected chi connectivity index (χ0v) is 12.3. The minimum atomic E-state index is 0.0401. The summed E-state index contributed by atoms with van der Waals surface area (Å²) in [7, 11) is 0. The summed E-state index contributed by atoms with van der Waals surface area (Å²) in [6.07, 6.45) is 2.01. The van der Waals surface area contributed by atoms with Crippen molar-refractivity contribution in [2.75, 3.05) is 13.1 Å². The Bertz CT molecular complexity index is 394. The Hall–Kier alpha value is -0.390. The van der Waals surface area contributed by atoms with Crippen LogP contribution in [0.25, 0.3) is 0 Å². The fourth-order valence-electron chi connectivity index (χ4n) is 2.03. The Morgan fingerprint density at radius 3 is 3.12 bits per heavy atom. The van der Waals surface area contributed by atoms with E-state index in [1.54, 1.807) is 11.3 Å². The minimum absolute atomic E-state index is 0.0401. The number of carbonyl (C=O) groups excluding carboxylic acids is 1. The van der Waals surface area contributed by atoms with Gasteiger partial charge in [0.25, 0.3) is 0 Å². The topological polar surface area (TPSA) is 32.3 Å². The molecule has 1 aromatic rings. The second-order valence-corrected chi connectivity index (χ2v) is 6.20. The van der Waals surface area contributed by atoms with Crippen molar-refractivity contribution >= 4 is 33.2 Å². The number of nitrogens with zero attached hydrogens (tertiary/aromatic N) is 1. The molecule has 1 saturated heterocycles. The summed E-state index contributed by atoms with van der Waals surface area (Å²) in [6, 6.07) is 2.13. The Morgan fingerprint density at radius 1 is 1.65 bits per heavy atom. The summed E-state index contributed by atoms with van der Waals surface area (Å²) in [6.45, 7) is 4.66. The first-order chi connectivity index (χ1) is 8.20. The van der Waals surface area contributed by atoms with Crippen molar-refractivity contribution in [1.29, 1.82) is 0 Å². The lowest BCUT2D eigenvalue weighted by molar-refractivity contribution is -0.129. The Balaban J connectivity index is 1.89. The molecule has 17 heavy (non-hydrogen) atoms. The molecule has 2 rings (SSSR count). The molecule has 2 heterocycles. The van der Waals surface area contributed by atoms with Crippen LogP contribution in [0.15, 0.2) is 15.9 Å². The molecule has 0 bridgehead atoms. The highest BCUT2D eigenvalue weighted by Crippen LogP contribution is 2.23. The number of thiophene rings is 1. The SMILES string of the molecule is CCCNC1CCN(Cc2cc(Br)cs2)C1=O. The van der Waals surface area contributed by atoms with Crippen LogP contribution < -0.4 is 5.32 Å². The normalized spacial score (nSPS) is 20.2. The van der Waals surface area contributed by atoms with Crippen molar-refractivity contribution in [1.82, 2.24) is 10.2 Å². The quantitative estimate of drug-likeness (QED) is 0.905. The van der Waals surface area contributed by atoms with E-state index in [0.29, 0.717) is 0 Å². The fraction of sp³-hybridized carbons (Fsp3) is 0.583. The molecule has 94 valence electrons. The molecule has 1 amide bonds. The molecule has 1 aliphatic rings. The van der Waals surface area contributed by atoms with E-state index in [4.69, 9.17) is 0 Å². The van der Waals surface area contributed by atoms with Crippen LogP contribution in [-0.4, -0.2) is 29.9 Å². The second kappa shape index (κ2) is 5.98. The first-order valence-corrected chi connectivity index (χ1v) is 7.63. The Morgan fingerprint density at radius 2 is 2.47 bits per heavy atom. The van der Waals surface area contributed by atoms with E-state index in [0.717, 1.165) is 36.9 Å². The molecule has 1 aliphatic heterocycles. The van der Waals surface area contributed by atoms with Gasteiger partial charge in [-0.05, 0) is 41.4 Å². The molecule has 1 unspecified atom stereocenters. The lowest BCUT2D eigenvalue weighted by Crippen LogP contribution is -2.38. The molecular formula is C12H17BrN2OS. The number of hydrogen-bond donors (Lipinski definition) is 1. The van der Waals surface area contributed by atoms with E-state index < -0.39 is 0 Å². The molecule has 1 aromatic heterocycles. The number of rotatable bonds is 5. The highest BCUT2D eigenvalue weighted by Gasteiger charge is 2.30. The van der Waals surface area contributed by atoms with E-state index >= 15 is 0 Å². The standard InChI is InChI=1S/C12H17BrN2OS/c1-2-4-14-11-3-5-15(12(11)16)7-10-6-9(13)8-17-10/h6,8,11,14H,2-5,7H2,1H3. The maximum absolute atomic E-state index is 12.1. The average Bonchev–Trinajstić information content (AvgIpc) is 2.86. The molecule has 0 aliphatic carbocycles. The van der Waals surface area contributed by atoms with Crippen molar-refractivity contribution in [2.24, 2.45) is 0 Å². The van der Waals surface area contributed by atoms with Gasteiger partial charge in [-0.2, -0.15) is 0 Å². The minimum Gasteiger partial charge on any atom is -0.336 e. The van der Waals surface area contributed by atoms with Gasteiger partial charge in [-0.15, -0.1) is 11.3 Å². The van der Waals surface area contributed by atoms with E-state index in [9.17, 15) is 4.79 Å². The predicted molar refractivity (Wildman–Crippen MR) is 74.1 cm³/mol. The van der Waals surface area contributed by atoms with Gasteiger partial charge in [0.15, 0.2) is 0 Å². The zero-order chi connectivity index (χ0) is 12.3. The lowest BCUT2D eigenvalue weighted by atomic mass is 10.2. The monoisotopic (exact) mass is 316 g/mol. The summed E-state index contributed by atoms with van der Waals surface area (Å²) in [5, 5.41) is 5.36. The fourth-order valence-corrected chi connectivity index (χ4v) is 3.49. The first-order valence-electron chi connectivity index (χ1n) is 5.95. The van der Waals surface area contributed by atoms with E-state index in [1.165, 1.54) is 4.88 Å². The summed E-state index contributed by atoms with van der Waals surface area (Å²) in [5.74, 6) is 0.253. The van der Waals surface area contributed by atoms with Crippen molar-refractivity contribution in [2.45, 2.75) is 32.4 Å². The second-order valence-electron chi connectivity index (χ2n) is 4.29. The Kier molecular flexibility index (Phi) is 4.59. The predicted octanol–water partition coefficient (Wildman–Crippen LogP) is 2.61. The zero-order valence-electron chi connectivity index (χ0n) is 9.91. The van der Waals surface area contributed by atoms with E-state index in [2.05, 4.69) is 39.6 Å². The maximum atomic E-state index is 12.1. The molecule has 0 radical (unpaired) electrons. The first kappa shape index (κ1) is 13.1. The number of likely N-dealkylation sites (tertiary alicyclic amines) is 1. The van der Waals surface area contributed by atoms with Gasteiger partial charge in [0, 0.05) is 21.3 Å². The van der Waals surface area contributed by atoms with Crippen molar-refractivity contribution in [3.63, 3.8) is 0 Å². The van der Waals surface area contributed by atoms with Gasteiger partial charge in [0.1, 0.15) is 0 Å². The van der Waals surface area contributed by atoms with Gasteiger partial charge in [-0.3, -0.25) is 4.79 Å². The average molecular weight is 317 g/mol. The molecule has 5 heteroatoms. The van der Waals surface area contributed by atoms with Crippen LogP contribution in [0.5, 0.6) is 0 Å². The van der Waals surface area contributed by atoms with Crippen LogP contribution in [0.3, 0.4) is 0 Å². The third kappa shape index (κ3) is 3.30. The van der Waals surface area contributed by atoms with Crippen LogP contribution >= 0.6 is 27.3 Å². The third-order valence-corrected chi connectivity index (χ3v) is 4.59. The number of hydrogen-bond acceptors (Lipinski definition) is 3. The lowest BCUT2D eigenvalue weighted by Gasteiger charge is -2.16. The van der Waals surface area contributed by atoms with Crippen LogP contribution in [0.1, 0.15) is 24.6 Å². The molecule has 0 aromatic carbocycles. The summed E-state index contributed by atoms with van der Waals surface area (Å²) in [5.41, 5.74) is 0. The van der Waals surface area contributed by atoms with Crippen molar-refractivity contribution in [3.8, 4) is 0 Å². The van der Waals surface area contributed by atoms with Gasteiger partial charge in [-0.25, -0.2) is 0 Å². The summed E-state index contributed by atoms with van der Waals surface area (Å²) < 4.78 is 1.10. The molecular weight excluding hydrogens is 300 g/mol. The molecule has 0 spiro atoms. The van der Waals surface area contributed by atoms with Crippen molar-refractivity contribution < 1.29 is 4.79 Å². The maximum Gasteiger partial charge on any atom is 0.240 e. The summed E-state index contributed by atoms with van der Waals surface area (Å²) in [4.78, 5) is 15.3. The number of carbonyl (C=O) groups is 1. The highest BCUT2D eigenvalue weighted by molar-refractivity contribution is 9.10. The van der Waals surface area contributed by atoms with Gasteiger partial charge in [0.05, 0.1) is 12.6 Å². The molecule has 1 fully saturated rings. The Labute approximate surface area is 114 Å². The summed E-state index contributed by atoms with van der Waals surface area (Å²) >= 11 is 5.13. The van der Waals surface area contributed by atoms with E-state index in [1.807, 2.05) is 4.90 Å². The van der Waals surface area contributed by atoms with Crippen LogP contribution in [0, 0.1) is 0 Å².